The first-order valence-corrected chi connectivity index (χ1v) is 9.77. The van der Waals surface area contributed by atoms with E-state index in [9.17, 15) is 8.78 Å². The quantitative estimate of drug-likeness (QED) is 0.577. The molecule has 1 fully saturated rings. The molecule has 0 unspecified atom stereocenters. The average molecular weight is 358 g/mol. The second-order valence-corrected chi connectivity index (χ2v) is 7.48. The summed E-state index contributed by atoms with van der Waals surface area (Å²) in [6, 6.07) is 11.8. The summed E-state index contributed by atoms with van der Waals surface area (Å²) in [5.74, 6) is -0.150. The molecule has 0 spiro atoms. The van der Waals surface area contributed by atoms with Crippen LogP contribution in [0.5, 0.6) is 5.75 Å². The molecule has 26 heavy (non-hydrogen) atoms. The molecule has 0 bridgehead atoms. The van der Waals surface area contributed by atoms with Gasteiger partial charge in [-0.1, -0.05) is 50.1 Å². The number of ether oxygens (including phenoxy) is 1. The highest BCUT2D eigenvalue weighted by atomic mass is 19.2. The Labute approximate surface area is 155 Å². The van der Waals surface area contributed by atoms with E-state index in [2.05, 4.69) is 31.2 Å². The van der Waals surface area contributed by atoms with Crippen LogP contribution in [0.15, 0.2) is 36.4 Å². The molecule has 0 N–H and O–H groups in total. The van der Waals surface area contributed by atoms with Crippen molar-refractivity contribution in [3.05, 3.63) is 64.7 Å². The molecule has 3 rings (SSSR count). The Morgan fingerprint density at radius 1 is 0.885 bits per heavy atom. The minimum absolute atomic E-state index is 0.0140. The lowest BCUT2D eigenvalue weighted by Crippen LogP contribution is -2.10. The van der Waals surface area contributed by atoms with Crippen molar-refractivity contribution in [2.45, 2.75) is 58.3 Å². The van der Waals surface area contributed by atoms with Crippen molar-refractivity contribution in [3.8, 4) is 5.75 Å². The van der Waals surface area contributed by atoms with E-state index in [1.807, 2.05) is 0 Å². The first kappa shape index (κ1) is 18.9. The van der Waals surface area contributed by atoms with Gasteiger partial charge in [-0.15, -0.1) is 0 Å². The molecule has 0 aliphatic heterocycles. The molecule has 1 saturated carbocycles. The zero-order chi connectivity index (χ0) is 18.5. The number of hydrogen-bond donors (Lipinski definition) is 0. The number of benzene rings is 2. The monoisotopic (exact) mass is 358 g/mol. The van der Waals surface area contributed by atoms with Gasteiger partial charge in [-0.05, 0) is 67.2 Å². The summed E-state index contributed by atoms with van der Waals surface area (Å²) in [6.45, 7) is 4.41. The second kappa shape index (κ2) is 8.66. The molecule has 0 heterocycles. The van der Waals surface area contributed by atoms with Gasteiger partial charge < -0.3 is 4.74 Å². The standard InChI is InChI=1S/C23H28F2O/c1-3-26-21-15-14-20(22(24)23(21)25)13-8-17-6-11-19(12-7-17)18-9-4-16(2)5-10-18/h6-7,11-12,14-16,18H,3-5,8-10,13H2,1-2H3. The highest BCUT2D eigenvalue weighted by Gasteiger charge is 2.19. The van der Waals surface area contributed by atoms with Gasteiger partial charge in [0.2, 0.25) is 5.82 Å². The number of hydrogen-bond acceptors (Lipinski definition) is 1. The van der Waals surface area contributed by atoms with E-state index in [1.54, 1.807) is 13.0 Å². The van der Waals surface area contributed by atoms with Gasteiger partial charge in [0.1, 0.15) is 0 Å². The summed E-state index contributed by atoms with van der Waals surface area (Å²) in [4.78, 5) is 0. The summed E-state index contributed by atoms with van der Waals surface area (Å²) in [6.07, 6.45) is 6.36. The Hall–Kier alpha value is -1.90. The Kier molecular flexibility index (Phi) is 6.29. The zero-order valence-electron chi connectivity index (χ0n) is 15.7. The summed E-state index contributed by atoms with van der Waals surface area (Å²) < 4.78 is 33.2. The van der Waals surface area contributed by atoms with Gasteiger partial charge >= 0.3 is 0 Å². The molecule has 0 radical (unpaired) electrons. The minimum atomic E-state index is -0.883. The van der Waals surface area contributed by atoms with Crippen LogP contribution in [0, 0.1) is 17.6 Å². The third kappa shape index (κ3) is 4.44. The Morgan fingerprint density at radius 2 is 1.58 bits per heavy atom. The van der Waals surface area contributed by atoms with Gasteiger partial charge in [-0.3, -0.25) is 0 Å². The fourth-order valence-corrected chi connectivity index (χ4v) is 3.86. The molecule has 1 aliphatic rings. The van der Waals surface area contributed by atoms with Crippen LogP contribution in [0.2, 0.25) is 0 Å². The lowest BCUT2D eigenvalue weighted by Gasteiger charge is -2.26. The molecule has 1 nitrogen and oxygen atoms in total. The van der Waals surface area contributed by atoms with Gasteiger partial charge in [0.05, 0.1) is 6.61 Å². The van der Waals surface area contributed by atoms with E-state index in [0.29, 0.717) is 30.9 Å². The first-order valence-electron chi connectivity index (χ1n) is 9.77. The van der Waals surface area contributed by atoms with E-state index >= 15 is 0 Å². The highest BCUT2D eigenvalue weighted by molar-refractivity contribution is 5.32. The third-order valence-corrected chi connectivity index (χ3v) is 5.58. The molecular formula is C23H28F2O. The van der Waals surface area contributed by atoms with Crippen LogP contribution < -0.4 is 4.74 Å². The van der Waals surface area contributed by atoms with E-state index in [0.717, 1.165) is 11.5 Å². The predicted molar refractivity (Wildman–Crippen MR) is 102 cm³/mol. The van der Waals surface area contributed by atoms with Gasteiger partial charge in [0.25, 0.3) is 0 Å². The smallest absolute Gasteiger partial charge is 0.200 e. The van der Waals surface area contributed by atoms with Crippen LogP contribution in [0.3, 0.4) is 0 Å². The van der Waals surface area contributed by atoms with Gasteiger partial charge in [0.15, 0.2) is 11.6 Å². The highest BCUT2D eigenvalue weighted by Crippen LogP contribution is 2.35. The molecule has 3 heteroatoms. The lowest BCUT2D eigenvalue weighted by molar-refractivity contribution is 0.313. The molecular weight excluding hydrogens is 330 g/mol. The summed E-state index contributed by atoms with van der Waals surface area (Å²) >= 11 is 0. The number of rotatable bonds is 6. The predicted octanol–water partition coefficient (Wildman–Crippen LogP) is 6.44. The molecule has 0 saturated heterocycles. The Bertz CT molecular complexity index is 716. The number of halogens is 2. The molecule has 2 aromatic rings. The van der Waals surface area contributed by atoms with Crippen LogP contribution in [0.4, 0.5) is 8.78 Å². The topological polar surface area (TPSA) is 9.23 Å². The van der Waals surface area contributed by atoms with Crippen molar-refractivity contribution in [2.24, 2.45) is 5.92 Å². The van der Waals surface area contributed by atoms with Crippen molar-refractivity contribution in [1.29, 1.82) is 0 Å². The van der Waals surface area contributed by atoms with Crippen LogP contribution >= 0.6 is 0 Å². The molecule has 1 aliphatic carbocycles. The Morgan fingerprint density at radius 3 is 2.23 bits per heavy atom. The minimum Gasteiger partial charge on any atom is -0.491 e. The SMILES string of the molecule is CCOc1ccc(CCc2ccc(C3CCC(C)CC3)cc2)c(F)c1F. The maximum absolute atomic E-state index is 14.2. The average Bonchev–Trinajstić information content (AvgIpc) is 2.66. The molecule has 0 aromatic heterocycles. The third-order valence-electron chi connectivity index (χ3n) is 5.58. The van der Waals surface area contributed by atoms with E-state index < -0.39 is 11.6 Å². The van der Waals surface area contributed by atoms with E-state index in [1.165, 1.54) is 37.3 Å². The van der Waals surface area contributed by atoms with Crippen LogP contribution in [0.25, 0.3) is 0 Å². The van der Waals surface area contributed by atoms with E-state index in [4.69, 9.17) is 4.74 Å². The molecule has 140 valence electrons. The van der Waals surface area contributed by atoms with Crippen molar-refractivity contribution >= 4 is 0 Å². The first-order chi connectivity index (χ1) is 12.6. The normalized spacial score (nSPS) is 20.2. The summed E-state index contributed by atoms with van der Waals surface area (Å²) in [7, 11) is 0. The Balaban J connectivity index is 1.61. The van der Waals surface area contributed by atoms with Crippen molar-refractivity contribution < 1.29 is 13.5 Å². The zero-order valence-corrected chi connectivity index (χ0v) is 15.7. The molecule has 2 aromatic carbocycles. The lowest BCUT2D eigenvalue weighted by atomic mass is 9.79. The van der Waals surface area contributed by atoms with Crippen molar-refractivity contribution in [3.63, 3.8) is 0 Å². The molecule has 0 amide bonds. The van der Waals surface area contributed by atoms with Crippen molar-refractivity contribution in [1.82, 2.24) is 0 Å². The fourth-order valence-electron chi connectivity index (χ4n) is 3.86. The number of aryl methyl sites for hydroxylation is 2. The summed E-state index contributed by atoms with van der Waals surface area (Å²) in [5.41, 5.74) is 2.97. The maximum atomic E-state index is 14.2. The maximum Gasteiger partial charge on any atom is 0.200 e. The molecule has 0 atom stereocenters. The van der Waals surface area contributed by atoms with Crippen molar-refractivity contribution in [2.75, 3.05) is 6.61 Å². The summed E-state index contributed by atoms with van der Waals surface area (Å²) in [5, 5.41) is 0. The van der Waals surface area contributed by atoms with Gasteiger partial charge in [-0.25, -0.2) is 4.39 Å². The van der Waals surface area contributed by atoms with Gasteiger partial charge in [-0.2, -0.15) is 4.39 Å². The fraction of sp³-hybridized carbons (Fsp3) is 0.478. The van der Waals surface area contributed by atoms with E-state index in [-0.39, 0.29) is 5.75 Å². The largest absolute Gasteiger partial charge is 0.491 e. The van der Waals surface area contributed by atoms with Crippen LogP contribution in [0.1, 0.15) is 62.1 Å². The second-order valence-electron chi connectivity index (χ2n) is 7.48. The van der Waals surface area contributed by atoms with Crippen LogP contribution in [-0.2, 0) is 12.8 Å². The van der Waals surface area contributed by atoms with Crippen LogP contribution in [-0.4, -0.2) is 6.61 Å². The van der Waals surface area contributed by atoms with Gasteiger partial charge in [0, 0.05) is 0 Å².